The number of hydrogen-bond donors (Lipinski definition) is 2. The number of aryl methyl sites for hydroxylation is 1. The first-order valence-corrected chi connectivity index (χ1v) is 16.8. The fourth-order valence-electron chi connectivity index (χ4n) is 6.47. The summed E-state index contributed by atoms with van der Waals surface area (Å²) in [6.07, 6.45) is 0.401. The molecule has 0 radical (unpaired) electrons. The highest BCUT2D eigenvalue weighted by molar-refractivity contribution is 5.79. The highest BCUT2D eigenvalue weighted by Crippen LogP contribution is 2.44. The van der Waals surface area contributed by atoms with Crippen molar-refractivity contribution in [2.45, 2.75) is 38.3 Å². The summed E-state index contributed by atoms with van der Waals surface area (Å²) in [6.45, 7) is 4.11. The van der Waals surface area contributed by atoms with Crippen LogP contribution in [0.3, 0.4) is 0 Å². The predicted molar refractivity (Wildman–Crippen MR) is 194 cm³/mol. The summed E-state index contributed by atoms with van der Waals surface area (Å²) in [7, 11) is 3.16. The average Bonchev–Trinajstić information content (AvgIpc) is 3.48. The zero-order valence-corrected chi connectivity index (χ0v) is 28.8. The molecule has 0 spiro atoms. The normalized spacial score (nSPS) is 13.0. The molecule has 0 heterocycles. The van der Waals surface area contributed by atoms with Gasteiger partial charge in [-0.05, 0) is 76.6 Å². The van der Waals surface area contributed by atoms with Crippen LogP contribution in [0.4, 0.5) is 4.79 Å². The average molecular weight is 671 g/mol. The summed E-state index contributed by atoms with van der Waals surface area (Å²) in [5, 5.41) is 6.05. The maximum Gasteiger partial charge on any atom is 0.407 e. The lowest BCUT2D eigenvalue weighted by molar-refractivity contribution is -0.123. The molecule has 2 amide bonds. The molecule has 0 saturated heterocycles. The van der Waals surface area contributed by atoms with Crippen LogP contribution >= 0.6 is 0 Å². The number of methoxy groups -OCH3 is 2. The van der Waals surface area contributed by atoms with E-state index < -0.39 is 12.1 Å². The summed E-state index contributed by atoms with van der Waals surface area (Å²) in [5.74, 6) is 1.40. The van der Waals surface area contributed by atoms with Gasteiger partial charge in [0.1, 0.15) is 23.9 Å². The van der Waals surface area contributed by atoms with Crippen molar-refractivity contribution in [2.24, 2.45) is 0 Å². The molecule has 0 aliphatic heterocycles. The van der Waals surface area contributed by atoms with E-state index in [1.54, 1.807) is 32.4 Å². The number of nitrogens with one attached hydrogen (secondary N) is 2. The van der Waals surface area contributed by atoms with Gasteiger partial charge in [-0.15, -0.1) is 0 Å². The van der Waals surface area contributed by atoms with Crippen LogP contribution in [0.2, 0.25) is 0 Å². The molecule has 0 unspecified atom stereocenters. The number of alkyl carbamates (subject to hydrolysis) is 1. The van der Waals surface area contributed by atoms with E-state index >= 15 is 0 Å². The lowest BCUT2D eigenvalue weighted by atomic mass is 9.97. The third-order valence-corrected chi connectivity index (χ3v) is 9.21. The fourth-order valence-corrected chi connectivity index (χ4v) is 6.47. The van der Waals surface area contributed by atoms with E-state index in [1.165, 1.54) is 5.56 Å². The Bertz CT molecular complexity index is 1890. The van der Waals surface area contributed by atoms with Gasteiger partial charge in [0.2, 0.25) is 0 Å². The summed E-state index contributed by atoms with van der Waals surface area (Å²) in [4.78, 5) is 26.2. The van der Waals surface area contributed by atoms with Crippen LogP contribution < -0.4 is 24.8 Å². The molecule has 1 aliphatic rings. The van der Waals surface area contributed by atoms with Crippen molar-refractivity contribution in [1.29, 1.82) is 0 Å². The van der Waals surface area contributed by atoms with Crippen molar-refractivity contribution in [3.63, 3.8) is 0 Å². The van der Waals surface area contributed by atoms with Gasteiger partial charge < -0.3 is 29.6 Å². The Labute approximate surface area is 293 Å². The van der Waals surface area contributed by atoms with Crippen LogP contribution in [0, 0.1) is 0 Å². The first kappa shape index (κ1) is 34.1. The first-order chi connectivity index (χ1) is 24.4. The van der Waals surface area contributed by atoms with Gasteiger partial charge in [0.05, 0.1) is 26.3 Å². The second kappa shape index (κ2) is 15.6. The Morgan fingerprint density at radius 3 is 1.96 bits per heavy atom. The Kier molecular flexibility index (Phi) is 10.7. The molecule has 0 bridgehead atoms. The van der Waals surface area contributed by atoms with E-state index in [-0.39, 0.29) is 31.1 Å². The second-order valence-corrected chi connectivity index (χ2v) is 12.3. The van der Waals surface area contributed by atoms with E-state index in [1.807, 2.05) is 67.6 Å². The van der Waals surface area contributed by atoms with Gasteiger partial charge >= 0.3 is 6.09 Å². The molecular formula is C42H42N2O6. The topological polar surface area (TPSA) is 95.1 Å². The van der Waals surface area contributed by atoms with Crippen molar-refractivity contribution < 1.29 is 28.5 Å². The summed E-state index contributed by atoms with van der Waals surface area (Å²) in [6, 6.07) is 36.6. The van der Waals surface area contributed by atoms with Crippen LogP contribution in [-0.4, -0.2) is 39.4 Å². The van der Waals surface area contributed by atoms with Crippen molar-refractivity contribution in [2.75, 3.05) is 27.4 Å². The standard InChI is InChI=1S/C42H42N2O6/c1-5-28-14-16-29(17-15-28)27(2)43-40(45)26-49-31-20-18-30(19-21-31)41(37-23-22-32(47-3)24-39(37)48-4)44-42(46)50-25-38-35-12-8-6-10-33(35)34-11-7-9-13-36(34)38/h6-24,27,38,41H,5,25-26H2,1-4H3,(H,43,45)(H,44,46)/t27-,41+/m1/s1. The number of carbonyl (C=O) groups excluding carboxylic acids is 2. The largest absolute Gasteiger partial charge is 0.497 e. The molecule has 2 N–H and O–H groups in total. The molecular weight excluding hydrogens is 628 g/mol. The Hall–Kier alpha value is -5.76. The van der Waals surface area contributed by atoms with Crippen LogP contribution in [0.1, 0.15) is 65.2 Å². The van der Waals surface area contributed by atoms with Gasteiger partial charge in [-0.1, -0.05) is 91.9 Å². The van der Waals surface area contributed by atoms with Gasteiger partial charge in [0.15, 0.2) is 6.61 Å². The maximum absolute atomic E-state index is 13.5. The van der Waals surface area contributed by atoms with Crippen molar-refractivity contribution in [1.82, 2.24) is 10.6 Å². The van der Waals surface area contributed by atoms with E-state index in [9.17, 15) is 9.59 Å². The summed E-state index contributed by atoms with van der Waals surface area (Å²) >= 11 is 0. The maximum atomic E-state index is 13.5. The second-order valence-electron chi connectivity index (χ2n) is 12.3. The Morgan fingerprint density at radius 1 is 0.720 bits per heavy atom. The smallest absolute Gasteiger partial charge is 0.407 e. The summed E-state index contributed by atoms with van der Waals surface area (Å²) < 4.78 is 22.9. The van der Waals surface area contributed by atoms with E-state index in [0.717, 1.165) is 45.4 Å². The van der Waals surface area contributed by atoms with Crippen molar-refractivity contribution in [3.8, 4) is 28.4 Å². The van der Waals surface area contributed by atoms with Crippen LogP contribution in [0.25, 0.3) is 11.1 Å². The molecule has 50 heavy (non-hydrogen) atoms. The van der Waals surface area contributed by atoms with Gasteiger partial charge in [0, 0.05) is 17.5 Å². The van der Waals surface area contributed by atoms with Gasteiger partial charge in [0.25, 0.3) is 5.91 Å². The minimum Gasteiger partial charge on any atom is -0.497 e. The molecule has 6 rings (SSSR count). The number of ether oxygens (including phenoxy) is 4. The third-order valence-electron chi connectivity index (χ3n) is 9.21. The molecule has 0 saturated carbocycles. The zero-order chi connectivity index (χ0) is 35.0. The van der Waals surface area contributed by atoms with Crippen molar-refractivity contribution >= 4 is 12.0 Å². The lowest BCUT2D eigenvalue weighted by Gasteiger charge is -2.23. The summed E-state index contributed by atoms with van der Waals surface area (Å²) in [5.41, 5.74) is 8.36. The highest BCUT2D eigenvalue weighted by atomic mass is 16.5. The van der Waals surface area contributed by atoms with Gasteiger partial charge in [-0.3, -0.25) is 4.79 Å². The number of hydrogen-bond acceptors (Lipinski definition) is 6. The van der Waals surface area contributed by atoms with Gasteiger partial charge in [-0.25, -0.2) is 4.79 Å². The Balaban J connectivity index is 1.14. The lowest BCUT2D eigenvalue weighted by Crippen LogP contribution is -2.31. The number of carbonyl (C=O) groups is 2. The quantitative estimate of drug-likeness (QED) is 0.131. The predicted octanol–water partition coefficient (Wildman–Crippen LogP) is 8.15. The van der Waals surface area contributed by atoms with Crippen LogP contribution in [0.5, 0.6) is 17.2 Å². The van der Waals surface area contributed by atoms with E-state index in [2.05, 4.69) is 54.0 Å². The van der Waals surface area contributed by atoms with E-state index in [4.69, 9.17) is 18.9 Å². The first-order valence-electron chi connectivity index (χ1n) is 16.8. The minimum absolute atomic E-state index is 0.0691. The number of fused-ring (bicyclic) bond motifs is 3. The fraction of sp³-hybridized carbons (Fsp3) is 0.238. The molecule has 1 aliphatic carbocycles. The monoisotopic (exact) mass is 670 g/mol. The molecule has 256 valence electrons. The number of rotatable bonds is 13. The molecule has 8 nitrogen and oxygen atoms in total. The molecule has 5 aromatic rings. The van der Waals surface area contributed by atoms with E-state index in [0.29, 0.717) is 17.2 Å². The molecule has 2 atom stereocenters. The molecule has 8 heteroatoms. The van der Waals surface area contributed by atoms with Crippen molar-refractivity contribution in [3.05, 3.63) is 149 Å². The SMILES string of the molecule is CCc1ccc([C@@H](C)NC(=O)COc2ccc([C@H](NC(=O)OCC3c4ccccc4-c4ccccc43)c3ccc(OC)cc3OC)cc2)cc1. The zero-order valence-electron chi connectivity index (χ0n) is 28.8. The minimum atomic E-state index is -0.621. The molecule has 0 aromatic heterocycles. The Morgan fingerprint density at radius 2 is 1.34 bits per heavy atom. The molecule has 0 fully saturated rings. The third kappa shape index (κ3) is 7.60. The molecule has 5 aromatic carbocycles. The van der Waals surface area contributed by atoms with Gasteiger partial charge in [-0.2, -0.15) is 0 Å². The van der Waals surface area contributed by atoms with Crippen LogP contribution in [0.15, 0.2) is 115 Å². The number of benzene rings is 5. The highest BCUT2D eigenvalue weighted by Gasteiger charge is 2.30. The van der Waals surface area contributed by atoms with Crippen LogP contribution in [-0.2, 0) is 16.0 Å². The number of amides is 2.